The molecule has 6 nitrogen and oxygen atoms in total. The molecule has 3 aliphatic rings. The minimum Gasteiger partial charge on any atom is -0.496 e. The van der Waals surface area contributed by atoms with Gasteiger partial charge >= 0.3 is 6.09 Å². The molecule has 0 aromatic heterocycles. The van der Waals surface area contributed by atoms with Crippen LogP contribution in [-0.2, 0) is 4.74 Å². The molecule has 1 spiro atoms. The van der Waals surface area contributed by atoms with Gasteiger partial charge in [0, 0.05) is 11.1 Å². The van der Waals surface area contributed by atoms with Gasteiger partial charge in [-0.25, -0.2) is 4.79 Å². The molecule has 142 valence electrons. The Kier molecular flexibility index (Phi) is 4.75. The molecule has 4 rings (SSSR count). The maximum atomic E-state index is 11.0. The van der Waals surface area contributed by atoms with E-state index in [1.807, 2.05) is 18.2 Å². The molecule has 1 aromatic carbocycles. The van der Waals surface area contributed by atoms with Gasteiger partial charge in [0.05, 0.1) is 26.8 Å². The van der Waals surface area contributed by atoms with Crippen molar-refractivity contribution in [2.45, 2.75) is 36.8 Å². The number of rotatable bonds is 3. The molecule has 1 N–H and O–H groups in total. The fourth-order valence-electron chi connectivity index (χ4n) is 4.66. The third kappa shape index (κ3) is 3.26. The van der Waals surface area contributed by atoms with Crippen LogP contribution >= 0.6 is 11.6 Å². The summed E-state index contributed by atoms with van der Waals surface area (Å²) in [5.74, 6) is 1.38. The van der Waals surface area contributed by atoms with Crippen LogP contribution in [0.15, 0.2) is 18.2 Å². The second kappa shape index (κ2) is 6.91. The van der Waals surface area contributed by atoms with Gasteiger partial charge in [-0.05, 0) is 62.0 Å². The first-order chi connectivity index (χ1) is 12.5. The van der Waals surface area contributed by atoms with Crippen LogP contribution in [0.25, 0.3) is 0 Å². The average Bonchev–Trinajstić information content (AvgIpc) is 3.06. The number of amides is 1. The zero-order valence-corrected chi connectivity index (χ0v) is 15.7. The molecule has 0 aliphatic carbocycles. The second-order valence-electron chi connectivity index (χ2n) is 7.69. The highest BCUT2D eigenvalue weighted by molar-refractivity contribution is 6.30. The number of carbonyl (C=O) groups is 1. The number of carboxylic acid groups (broad SMARTS) is 1. The fraction of sp³-hybridized carbons (Fsp3) is 0.632. The number of ether oxygens (including phenoxy) is 2. The number of piperidine rings is 1. The highest BCUT2D eigenvalue weighted by Gasteiger charge is 2.52. The van der Waals surface area contributed by atoms with Gasteiger partial charge in [-0.2, -0.15) is 0 Å². The van der Waals surface area contributed by atoms with E-state index in [4.69, 9.17) is 26.2 Å². The lowest BCUT2D eigenvalue weighted by molar-refractivity contribution is -0.0982. The molecule has 1 amide bonds. The second-order valence-corrected chi connectivity index (χ2v) is 8.12. The molecule has 0 radical (unpaired) electrons. The Bertz CT molecular complexity index is 684. The number of hydrogen-bond donors (Lipinski definition) is 1. The van der Waals surface area contributed by atoms with Gasteiger partial charge in [-0.15, -0.1) is 0 Å². The maximum Gasteiger partial charge on any atom is 0.407 e. The van der Waals surface area contributed by atoms with Crippen LogP contribution < -0.4 is 4.74 Å². The molecule has 3 aliphatic heterocycles. The Hall–Kier alpha value is -1.50. The van der Waals surface area contributed by atoms with Crippen molar-refractivity contribution >= 4 is 17.7 Å². The topological polar surface area (TPSA) is 62.2 Å². The molecule has 3 saturated heterocycles. The number of benzene rings is 1. The van der Waals surface area contributed by atoms with E-state index in [2.05, 4.69) is 4.90 Å². The predicted molar refractivity (Wildman–Crippen MR) is 98.2 cm³/mol. The zero-order chi connectivity index (χ0) is 18.3. The van der Waals surface area contributed by atoms with Crippen molar-refractivity contribution in [1.82, 2.24) is 9.80 Å². The number of halogens is 1. The first kappa shape index (κ1) is 17.9. The van der Waals surface area contributed by atoms with E-state index >= 15 is 0 Å². The van der Waals surface area contributed by atoms with Gasteiger partial charge in [0.15, 0.2) is 0 Å². The summed E-state index contributed by atoms with van der Waals surface area (Å²) in [5, 5.41) is 9.78. The predicted octanol–water partition coefficient (Wildman–Crippen LogP) is 3.05. The van der Waals surface area contributed by atoms with Gasteiger partial charge in [0.2, 0.25) is 0 Å². The SMILES string of the molecule is COc1ccc(Cl)cc1C1CCN([C@@H]2COC3(C2)CN(C(=O)O)C3)CC1. The van der Waals surface area contributed by atoms with E-state index in [1.54, 1.807) is 7.11 Å². The van der Waals surface area contributed by atoms with Crippen molar-refractivity contribution in [2.75, 3.05) is 39.9 Å². The summed E-state index contributed by atoms with van der Waals surface area (Å²) in [6.07, 6.45) is 2.23. The van der Waals surface area contributed by atoms with Crippen molar-refractivity contribution < 1.29 is 19.4 Å². The number of hydrogen-bond acceptors (Lipinski definition) is 4. The molecule has 3 fully saturated rings. The smallest absolute Gasteiger partial charge is 0.407 e. The van der Waals surface area contributed by atoms with Crippen molar-refractivity contribution in [1.29, 1.82) is 0 Å². The van der Waals surface area contributed by atoms with E-state index < -0.39 is 6.09 Å². The fourth-order valence-corrected chi connectivity index (χ4v) is 4.84. The molecule has 0 saturated carbocycles. The Balaban J connectivity index is 1.34. The summed E-state index contributed by atoms with van der Waals surface area (Å²) in [6.45, 7) is 3.77. The first-order valence-corrected chi connectivity index (χ1v) is 9.57. The molecular weight excluding hydrogens is 356 g/mol. The Labute approximate surface area is 158 Å². The number of likely N-dealkylation sites (tertiary alicyclic amines) is 2. The lowest BCUT2D eigenvalue weighted by Gasteiger charge is -2.45. The quantitative estimate of drug-likeness (QED) is 0.873. The lowest BCUT2D eigenvalue weighted by Crippen LogP contribution is -2.63. The van der Waals surface area contributed by atoms with E-state index in [9.17, 15) is 4.79 Å². The molecule has 3 heterocycles. The van der Waals surface area contributed by atoms with Gasteiger partial charge in [-0.1, -0.05) is 11.6 Å². The van der Waals surface area contributed by atoms with Crippen molar-refractivity contribution in [3.8, 4) is 5.75 Å². The highest BCUT2D eigenvalue weighted by Crippen LogP contribution is 2.40. The number of nitrogens with zero attached hydrogens (tertiary/aromatic N) is 2. The molecule has 1 aromatic rings. The van der Waals surface area contributed by atoms with Crippen LogP contribution in [-0.4, -0.2) is 72.5 Å². The molecule has 0 bridgehead atoms. The van der Waals surface area contributed by atoms with E-state index in [1.165, 1.54) is 10.5 Å². The molecule has 26 heavy (non-hydrogen) atoms. The third-order valence-electron chi connectivity index (χ3n) is 6.10. The Morgan fingerprint density at radius 1 is 1.35 bits per heavy atom. The van der Waals surface area contributed by atoms with Gasteiger partial charge in [0.25, 0.3) is 0 Å². The summed E-state index contributed by atoms with van der Waals surface area (Å²) in [5.41, 5.74) is 0.964. The van der Waals surface area contributed by atoms with Crippen molar-refractivity contribution in [3.05, 3.63) is 28.8 Å². The highest BCUT2D eigenvalue weighted by atomic mass is 35.5. The average molecular weight is 381 g/mol. The van der Waals surface area contributed by atoms with Crippen LogP contribution in [0.2, 0.25) is 5.02 Å². The minimum absolute atomic E-state index is 0.240. The van der Waals surface area contributed by atoms with Gasteiger partial charge in [-0.3, -0.25) is 4.90 Å². The van der Waals surface area contributed by atoms with Crippen LogP contribution in [0.3, 0.4) is 0 Å². The van der Waals surface area contributed by atoms with E-state index in [-0.39, 0.29) is 5.60 Å². The van der Waals surface area contributed by atoms with Crippen LogP contribution in [0.1, 0.15) is 30.7 Å². The number of methoxy groups -OCH3 is 1. The normalized spacial score (nSPS) is 26.1. The van der Waals surface area contributed by atoms with Crippen LogP contribution in [0.4, 0.5) is 4.79 Å². The summed E-state index contributed by atoms with van der Waals surface area (Å²) in [7, 11) is 1.70. The summed E-state index contributed by atoms with van der Waals surface area (Å²) in [4.78, 5) is 14.9. The molecule has 0 unspecified atom stereocenters. The Morgan fingerprint density at radius 2 is 2.08 bits per heavy atom. The third-order valence-corrected chi connectivity index (χ3v) is 6.33. The zero-order valence-electron chi connectivity index (χ0n) is 15.0. The largest absolute Gasteiger partial charge is 0.496 e. The molecular formula is C19H25ClN2O4. The van der Waals surface area contributed by atoms with E-state index in [0.29, 0.717) is 31.7 Å². The van der Waals surface area contributed by atoms with Gasteiger partial charge in [0.1, 0.15) is 11.4 Å². The Morgan fingerprint density at radius 3 is 2.73 bits per heavy atom. The first-order valence-electron chi connectivity index (χ1n) is 9.19. The standard InChI is InChI=1S/C19H25ClN2O4/c1-25-17-3-2-14(20)8-16(17)13-4-6-21(7-5-13)15-9-19(26-10-15)11-22(12-19)18(23)24/h2-3,8,13,15H,4-7,9-12H2,1H3,(H,23,24)/t15-/m0/s1. The lowest BCUT2D eigenvalue weighted by atomic mass is 9.86. The monoisotopic (exact) mass is 380 g/mol. The van der Waals surface area contributed by atoms with Crippen molar-refractivity contribution in [2.24, 2.45) is 0 Å². The minimum atomic E-state index is -0.848. The van der Waals surface area contributed by atoms with Crippen LogP contribution in [0.5, 0.6) is 5.75 Å². The van der Waals surface area contributed by atoms with Gasteiger partial charge < -0.3 is 19.5 Å². The summed E-state index contributed by atoms with van der Waals surface area (Å²) < 4.78 is 11.5. The molecule has 7 heteroatoms. The van der Waals surface area contributed by atoms with Crippen LogP contribution in [0, 0.1) is 0 Å². The van der Waals surface area contributed by atoms with E-state index in [0.717, 1.165) is 43.1 Å². The summed E-state index contributed by atoms with van der Waals surface area (Å²) in [6, 6.07) is 6.24. The summed E-state index contributed by atoms with van der Waals surface area (Å²) >= 11 is 6.18. The molecule has 1 atom stereocenters. The van der Waals surface area contributed by atoms with Crippen molar-refractivity contribution in [3.63, 3.8) is 0 Å². The maximum absolute atomic E-state index is 11.0.